The largest absolute Gasteiger partial charge is 0.481 e. The summed E-state index contributed by atoms with van der Waals surface area (Å²) in [6, 6.07) is 0. The van der Waals surface area contributed by atoms with Gasteiger partial charge in [-0.25, -0.2) is 4.79 Å². The van der Waals surface area contributed by atoms with Gasteiger partial charge in [0.1, 0.15) is 0 Å². The van der Waals surface area contributed by atoms with Crippen LogP contribution in [-0.2, 0) is 9.59 Å². The number of aliphatic carboxylic acids is 2. The first-order valence-corrected chi connectivity index (χ1v) is 15.0. The van der Waals surface area contributed by atoms with E-state index < -0.39 is 11.9 Å². The van der Waals surface area contributed by atoms with Crippen LogP contribution in [0.15, 0.2) is 36.5 Å². The van der Waals surface area contributed by atoms with E-state index in [9.17, 15) is 9.59 Å². The van der Waals surface area contributed by atoms with Gasteiger partial charge in [0, 0.05) is 12.5 Å². The quantitative estimate of drug-likeness (QED) is 0.0733. The maximum Gasteiger partial charge on any atom is 0.327 e. The van der Waals surface area contributed by atoms with Gasteiger partial charge in [0.25, 0.3) is 0 Å². The average molecular weight is 507 g/mol. The number of carbonyl (C=O) groups is 2. The molecule has 210 valence electrons. The fourth-order valence-corrected chi connectivity index (χ4v) is 3.81. The van der Waals surface area contributed by atoms with Crippen molar-refractivity contribution in [2.24, 2.45) is 0 Å². The van der Waals surface area contributed by atoms with Gasteiger partial charge in [0.05, 0.1) is 0 Å². The lowest BCUT2D eigenvalue weighted by atomic mass is 10.1. The van der Waals surface area contributed by atoms with E-state index >= 15 is 0 Å². The number of carboxylic acids is 2. The Morgan fingerprint density at radius 2 is 0.861 bits per heavy atom. The minimum absolute atomic E-state index is 0.331. The minimum Gasteiger partial charge on any atom is -0.481 e. The molecular weight excluding hydrogens is 448 g/mol. The zero-order chi connectivity index (χ0) is 27.0. The highest BCUT2D eigenvalue weighted by molar-refractivity contribution is 5.79. The molecule has 0 fully saturated rings. The second-order valence-electron chi connectivity index (χ2n) is 9.72. The molecule has 0 aromatic rings. The van der Waals surface area contributed by atoms with Crippen molar-refractivity contribution in [1.29, 1.82) is 0 Å². The summed E-state index contributed by atoms with van der Waals surface area (Å²) in [6.45, 7) is 4.45. The summed E-state index contributed by atoms with van der Waals surface area (Å²) in [5, 5.41) is 16.9. The van der Waals surface area contributed by atoms with Crippen LogP contribution in [0.2, 0.25) is 0 Å². The lowest BCUT2D eigenvalue weighted by molar-refractivity contribution is -0.137. The van der Waals surface area contributed by atoms with Crippen LogP contribution in [0.25, 0.3) is 0 Å². The van der Waals surface area contributed by atoms with Gasteiger partial charge in [0.2, 0.25) is 0 Å². The van der Waals surface area contributed by atoms with E-state index in [2.05, 4.69) is 38.2 Å². The number of hydrogen-bond donors (Lipinski definition) is 2. The van der Waals surface area contributed by atoms with Crippen LogP contribution in [0, 0.1) is 0 Å². The predicted octanol–water partition coefficient (Wildman–Crippen LogP) is 10.4. The van der Waals surface area contributed by atoms with E-state index in [1.54, 1.807) is 6.08 Å². The predicted molar refractivity (Wildman–Crippen MR) is 156 cm³/mol. The molecule has 0 bridgehead atoms. The van der Waals surface area contributed by atoms with Gasteiger partial charge in [-0.3, -0.25) is 4.79 Å². The van der Waals surface area contributed by atoms with Crippen molar-refractivity contribution in [2.75, 3.05) is 0 Å². The maximum absolute atomic E-state index is 10.3. The molecule has 0 radical (unpaired) electrons. The van der Waals surface area contributed by atoms with Gasteiger partial charge in [0.15, 0.2) is 0 Å². The first kappa shape index (κ1) is 36.3. The van der Waals surface area contributed by atoms with Crippen LogP contribution in [0.4, 0.5) is 0 Å². The first-order valence-electron chi connectivity index (χ1n) is 15.0. The van der Waals surface area contributed by atoms with Gasteiger partial charge >= 0.3 is 11.9 Å². The van der Waals surface area contributed by atoms with Crippen LogP contribution in [0.1, 0.15) is 155 Å². The molecule has 0 unspecified atom stereocenters. The topological polar surface area (TPSA) is 74.6 Å². The number of carboxylic acid groups (broad SMARTS) is 2. The Kier molecular flexibility index (Phi) is 33.5. The van der Waals surface area contributed by atoms with E-state index in [1.807, 2.05) is 0 Å². The molecule has 0 heterocycles. The normalized spacial score (nSPS) is 11.4. The Hall–Kier alpha value is -1.84. The highest BCUT2D eigenvalue weighted by atomic mass is 16.4. The van der Waals surface area contributed by atoms with E-state index in [0.29, 0.717) is 6.42 Å². The van der Waals surface area contributed by atoms with Gasteiger partial charge in [-0.1, -0.05) is 115 Å². The second-order valence-corrected chi connectivity index (χ2v) is 9.72. The molecule has 0 aromatic carbocycles. The third-order valence-corrected chi connectivity index (χ3v) is 6.03. The summed E-state index contributed by atoms with van der Waals surface area (Å²) >= 11 is 0. The summed E-state index contributed by atoms with van der Waals surface area (Å²) in [6.07, 6.45) is 38.0. The molecule has 4 heteroatoms. The van der Waals surface area contributed by atoms with Gasteiger partial charge < -0.3 is 10.2 Å². The van der Waals surface area contributed by atoms with Crippen molar-refractivity contribution in [3.8, 4) is 0 Å². The van der Waals surface area contributed by atoms with E-state index in [1.165, 1.54) is 115 Å². The van der Waals surface area contributed by atoms with E-state index in [0.717, 1.165) is 25.7 Å². The molecule has 0 aliphatic rings. The number of rotatable bonds is 25. The van der Waals surface area contributed by atoms with Gasteiger partial charge in [-0.05, 0) is 64.2 Å². The molecule has 0 amide bonds. The molecule has 0 atom stereocenters. The zero-order valence-electron chi connectivity index (χ0n) is 23.7. The molecule has 0 saturated carbocycles. The van der Waals surface area contributed by atoms with Crippen LogP contribution < -0.4 is 0 Å². The van der Waals surface area contributed by atoms with Crippen molar-refractivity contribution >= 4 is 11.9 Å². The van der Waals surface area contributed by atoms with Crippen molar-refractivity contribution in [3.05, 3.63) is 36.5 Å². The van der Waals surface area contributed by atoms with Gasteiger partial charge in [-0.2, -0.15) is 0 Å². The zero-order valence-corrected chi connectivity index (χ0v) is 23.7. The second kappa shape index (κ2) is 33.2. The SMILES string of the molecule is CCCC=CCCCCCCCCC=CC(=O)O.CCCCCCC=CCCCCCCCC(=O)O. The average Bonchev–Trinajstić information content (AvgIpc) is 2.85. The van der Waals surface area contributed by atoms with E-state index in [-0.39, 0.29) is 0 Å². The Balaban J connectivity index is 0. The third-order valence-electron chi connectivity index (χ3n) is 6.03. The summed E-state index contributed by atoms with van der Waals surface area (Å²) in [5.74, 6) is -1.51. The fourth-order valence-electron chi connectivity index (χ4n) is 3.81. The molecule has 0 aliphatic carbocycles. The third kappa shape index (κ3) is 39.4. The van der Waals surface area contributed by atoms with Crippen LogP contribution in [0.5, 0.6) is 0 Å². The highest BCUT2D eigenvalue weighted by Crippen LogP contribution is 2.10. The van der Waals surface area contributed by atoms with E-state index in [4.69, 9.17) is 10.2 Å². The molecule has 0 aliphatic heterocycles. The van der Waals surface area contributed by atoms with Crippen molar-refractivity contribution in [1.82, 2.24) is 0 Å². The summed E-state index contributed by atoms with van der Waals surface area (Å²) in [4.78, 5) is 20.5. The monoisotopic (exact) mass is 506 g/mol. The van der Waals surface area contributed by atoms with Crippen LogP contribution in [0.3, 0.4) is 0 Å². The lowest BCUT2D eigenvalue weighted by Gasteiger charge is -1.99. The molecule has 0 aromatic heterocycles. The minimum atomic E-state index is -0.842. The summed E-state index contributed by atoms with van der Waals surface area (Å²) in [5.41, 5.74) is 0. The number of hydrogen-bond acceptors (Lipinski definition) is 2. The van der Waals surface area contributed by atoms with Crippen LogP contribution >= 0.6 is 0 Å². The molecule has 2 N–H and O–H groups in total. The molecule has 0 spiro atoms. The molecular formula is C32H58O4. The Morgan fingerprint density at radius 1 is 0.472 bits per heavy atom. The first-order chi connectivity index (χ1) is 17.5. The fraction of sp³-hybridized carbons (Fsp3) is 0.750. The molecule has 0 rings (SSSR count). The lowest BCUT2D eigenvalue weighted by Crippen LogP contribution is -1.93. The summed E-state index contributed by atoms with van der Waals surface area (Å²) < 4.78 is 0. The van der Waals surface area contributed by atoms with Crippen molar-refractivity contribution in [3.63, 3.8) is 0 Å². The standard InChI is InChI=1S/C16H30O2.C16H28O2/c2*1-2-3-4-5-6-7-8-9-10-11-12-13-14-15-16(17)18/h7-8H,2-6,9-15H2,1H3,(H,17,18);4-5,14-15H,2-3,6-13H2,1H3,(H,17,18). The molecule has 36 heavy (non-hydrogen) atoms. The highest BCUT2D eigenvalue weighted by Gasteiger charge is 1.96. The Bertz CT molecular complexity index is 548. The number of allylic oxidation sites excluding steroid dienone is 5. The smallest absolute Gasteiger partial charge is 0.327 e. The summed E-state index contributed by atoms with van der Waals surface area (Å²) in [7, 11) is 0. The molecule has 0 saturated heterocycles. The maximum atomic E-state index is 10.3. The Morgan fingerprint density at radius 3 is 1.28 bits per heavy atom. The van der Waals surface area contributed by atoms with Crippen molar-refractivity contribution < 1.29 is 19.8 Å². The van der Waals surface area contributed by atoms with Crippen molar-refractivity contribution in [2.45, 2.75) is 155 Å². The van der Waals surface area contributed by atoms with Crippen LogP contribution in [-0.4, -0.2) is 22.2 Å². The molecule has 4 nitrogen and oxygen atoms in total. The van der Waals surface area contributed by atoms with Gasteiger partial charge in [-0.15, -0.1) is 0 Å². The number of unbranched alkanes of at least 4 members (excludes halogenated alkanes) is 17. The Labute approximate surface area is 223 Å².